The van der Waals surface area contributed by atoms with Gasteiger partial charge in [0.15, 0.2) is 0 Å². The molecule has 1 atom stereocenters. The lowest BCUT2D eigenvalue weighted by Gasteiger charge is -2.21. The molecule has 4 heteroatoms. The molecule has 120 valence electrons. The van der Waals surface area contributed by atoms with E-state index < -0.39 is 0 Å². The Balaban J connectivity index is 1.87. The third kappa shape index (κ3) is 4.58. The molecule has 4 nitrogen and oxygen atoms in total. The minimum absolute atomic E-state index is 0.138. The van der Waals surface area contributed by atoms with Gasteiger partial charge >= 0.3 is 11.9 Å². The topological polar surface area (TPSA) is 52.6 Å². The van der Waals surface area contributed by atoms with E-state index in [0.29, 0.717) is 24.3 Å². The van der Waals surface area contributed by atoms with Crippen molar-refractivity contribution in [3.05, 3.63) is 23.8 Å². The summed E-state index contributed by atoms with van der Waals surface area (Å²) in [6.45, 7) is 4.15. The molecule has 1 unspecified atom stereocenters. The lowest BCUT2D eigenvalue weighted by atomic mass is 9.95. The maximum absolute atomic E-state index is 11.8. The quantitative estimate of drug-likeness (QED) is 0.426. The van der Waals surface area contributed by atoms with Crippen molar-refractivity contribution in [2.24, 2.45) is 0 Å². The molecule has 1 aromatic carbocycles. The monoisotopic (exact) mass is 304 g/mol. The minimum atomic E-state index is -0.237. The fourth-order valence-corrected chi connectivity index (χ4v) is 2.65. The first-order valence-electron chi connectivity index (χ1n) is 8.15. The predicted molar refractivity (Wildman–Crippen MR) is 84.1 cm³/mol. The van der Waals surface area contributed by atoms with Gasteiger partial charge in [0.1, 0.15) is 11.5 Å². The summed E-state index contributed by atoms with van der Waals surface area (Å²) in [4.78, 5) is 23.3. The highest BCUT2D eigenvalue weighted by Gasteiger charge is 2.24. The number of benzene rings is 1. The second-order valence-electron chi connectivity index (χ2n) is 5.92. The highest BCUT2D eigenvalue weighted by Crippen LogP contribution is 2.36. The lowest BCUT2D eigenvalue weighted by molar-refractivity contribution is -0.135. The molecule has 0 saturated heterocycles. The van der Waals surface area contributed by atoms with Crippen molar-refractivity contribution >= 4 is 11.9 Å². The van der Waals surface area contributed by atoms with E-state index in [1.54, 1.807) is 12.1 Å². The fraction of sp³-hybridized carbons (Fsp3) is 0.556. The molecule has 0 radical (unpaired) electrons. The fourth-order valence-electron chi connectivity index (χ4n) is 2.65. The Morgan fingerprint density at radius 2 is 2.05 bits per heavy atom. The van der Waals surface area contributed by atoms with Crippen LogP contribution in [0.1, 0.15) is 70.3 Å². The molecule has 0 saturated carbocycles. The SMILES string of the molecule is CCCCCCCC(=O)Oc1ccc2c(c1)OC(=O)CC2C. The van der Waals surface area contributed by atoms with Crippen molar-refractivity contribution in [1.29, 1.82) is 0 Å². The second kappa shape index (κ2) is 7.97. The molecule has 2 rings (SSSR count). The molecule has 0 spiro atoms. The van der Waals surface area contributed by atoms with Crippen molar-refractivity contribution in [3.63, 3.8) is 0 Å². The Morgan fingerprint density at radius 3 is 2.82 bits per heavy atom. The number of unbranched alkanes of at least 4 members (excludes halogenated alkanes) is 4. The van der Waals surface area contributed by atoms with Crippen molar-refractivity contribution in [2.45, 2.75) is 64.7 Å². The van der Waals surface area contributed by atoms with Gasteiger partial charge in [0.2, 0.25) is 0 Å². The van der Waals surface area contributed by atoms with Crippen LogP contribution in [-0.2, 0) is 9.59 Å². The molecule has 0 aliphatic carbocycles. The van der Waals surface area contributed by atoms with Crippen LogP contribution in [0.4, 0.5) is 0 Å². The van der Waals surface area contributed by atoms with E-state index in [0.717, 1.165) is 24.8 Å². The Bertz CT molecular complexity index is 536. The van der Waals surface area contributed by atoms with E-state index in [-0.39, 0.29) is 17.9 Å². The van der Waals surface area contributed by atoms with Crippen LogP contribution in [0.15, 0.2) is 18.2 Å². The summed E-state index contributed by atoms with van der Waals surface area (Å²) in [5, 5.41) is 0. The first-order valence-corrected chi connectivity index (χ1v) is 8.15. The smallest absolute Gasteiger partial charge is 0.311 e. The maximum Gasteiger partial charge on any atom is 0.311 e. The average Bonchev–Trinajstić information content (AvgIpc) is 2.46. The van der Waals surface area contributed by atoms with Crippen molar-refractivity contribution in [3.8, 4) is 11.5 Å². The van der Waals surface area contributed by atoms with Gasteiger partial charge in [-0.3, -0.25) is 9.59 Å². The Labute approximate surface area is 131 Å². The van der Waals surface area contributed by atoms with E-state index in [4.69, 9.17) is 9.47 Å². The van der Waals surface area contributed by atoms with Crippen LogP contribution in [-0.4, -0.2) is 11.9 Å². The number of hydrogen-bond acceptors (Lipinski definition) is 4. The zero-order valence-electron chi connectivity index (χ0n) is 13.4. The highest BCUT2D eigenvalue weighted by atomic mass is 16.5. The third-order valence-corrected chi connectivity index (χ3v) is 3.93. The van der Waals surface area contributed by atoms with Crippen LogP contribution in [0.3, 0.4) is 0 Å². The molecule has 0 aromatic heterocycles. The van der Waals surface area contributed by atoms with Crippen LogP contribution in [0, 0.1) is 0 Å². The van der Waals surface area contributed by atoms with Gasteiger partial charge in [-0.05, 0) is 24.0 Å². The Kier molecular flexibility index (Phi) is 5.99. The molecule has 0 amide bonds. The first-order chi connectivity index (χ1) is 10.6. The number of carbonyl (C=O) groups is 2. The largest absolute Gasteiger partial charge is 0.426 e. The Morgan fingerprint density at radius 1 is 1.27 bits per heavy atom. The van der Waals surface area contributed by atoms with Gasteiger partial charge in [0.25, 0.3) is 0 Å². The summed E-state index contributed by atoms with van der Waals surface area (Å²) < 4.78 is 10.5. The van der Waals surface area contributed by atoms with E-state index in [9.17, 15) is 9.59 Å². The normalized spacial score (nSPS) is 16.8. The molecule has 0 N–H and O–H groups in total. The molecule has 0 bridgehead atoms. The van der Waals surface area contributed by atoms with Crippen LogP contribution < -0.4 is 9.47 Å². The summed E-state index contributed by atoms with van der Waals surface area (Å²) in [5.74, 6) is 0.627. The lowest BCUT2D eigenvalue weighted by Crippen LogP contribution is -2.18. The molecule has 0 fully saturated rings. The van der Waals surface area contributed by atoms with Gasteiger partial charge in [-0.1, -0.05) is 45.6 Å². The molecule has 22 heavy (non-hydrogen) atoms. The number of fused-ring (bicyclic) bond motifs is 1. The van der Waals surface area contributed by atoms with Crippen molar-refractivity contribution < 1.29 is 19.1 Å². The van der Waals surface area contributed by atoms with Crippen LogP contribution in [0.2, 0.25) is 0 Å². The zero-order chi connectivity index (χ0) is 15.9. The van der Waals surface area contributed by atoms with Gasteiger partial charge in [0.05, 0.1) is 6.42 Å². The number of rotatable bonds is 7. The van der Waals surface area contributed by atoms with E-state index in [1.807, 2.05) is 13.0 Å². The summed E-state index contributed by atoms with van der Waals surface area (Å²) in [6, 6.07) is 5.28. The number of ether oxygens (including phenoxy) is 2. The predicted octanol–water partition coefficient (Wildman–Crippen LogP) is 4.37. The van der Waals surface area contributed by atoms with Crippen LogP contribution >= 0.6 is 0 Å². The van der Waals surface area contributed by atoms with E-state index in [2.05, 4.69) is 6.92 Å². The number of hydrogen-bond donors (Lipinski definition) is 0. The van der Waals surface area contributed by atoms with E-state index >= 15 is 0 Å². The second-order valence-corrected chi connectivity index (χ2v) is 5.92. The zero-order valence-corrected chi connectivity index (χ0v) is 13.4. The maximum atomic E-state index is 11.8. The summed E-state index contributed by atoms with van der Waals surface area (Å²) >= 11 is 0. The molecular weight excluding hydrogens is 280 g/mol. The number of carbonyl (C=O) groups excluding carboxylic acids is 2. The van der Waals surface area contributed by atoms with Crippen molar-refractivity contribution in [1.82, 2.24) is 0 Å². The third-order valence-electron chi connectivity index (χ3n) is 3.93. The molecule has 1 aromatic rings. The summed E-state index contributed by atoms with van der Waals surface area (Å²) in [7, 11) is 0. The summed E-state index contributed by atoms with van der Waals surface area (Å²) in [6.07, 6.45) is 6.30. The molecule has 1 aliphatic heterocycles. The number of esters is 2. The highest BCUT2D eigenvalue weighted by molar-refractivity contribution is 5.77. The summed E-state index contributed by atoms with van der Waals surface area (Å²) in [5.41, 5.74) is 0.985. The Hall–Kier alpha value is -1.84. The average molecular weight is 304 g/mol. The van der Waals surface area contributed by atoms with Gasteiger partial charge in [-0.2, -0.15) is 0 Å². The van der Waals surface area contributed by atoms with Gasteiger partial charge in [0, 0.05) is 12.5 Å². The van der Waals surface area contributed by atoms with E-state index in [1.165, 1.54) is 12.8 Å². The van der Waals surface area contributed by atoms with Gasteiger partial charge in [-0.15, -0.1) is 0 Å². The molecule has 1 aliphatic rings. The van der Waals surface area contributed by atoms with Crippen LogP contribution in [0.25, 0.3) is 0 Å². The van der Waals surface area contributed by atoms with Gasteiger partial charge in [-0.25, -0.2) is 0 Å². The van der Waals surface area contributed by atoms with Crippen LogP contribution in [0.5, 0.6) is 11.5 Å². The van der Waals surface area contributed by atoms with Gasteiger partial charge < -0.3 is 9.47 Å². The minimum Gasteiger partial charge on any atom is -0.426 e. The standard InChI is InChI=1S/C18H24O4/c1-3-4-5-6-7-8-17(19)21-14-9-10-15-13(2)11-18(20)22-16(15)12-14/h9-10,12-13H,3-8,11H2,1-2H3. The molecule has 1 heterocycles. The molecular formula is C18H24O4. The first kappa shape index (κ1) is 16.5. The van der Waals surface area contributed by atoms with Crippen molar-refractivity contribution in [2.75, 3.05) is 0 Å².